The predicted molar refractivity (Wildman–Crippen MR) is 98.8 cm³/mol. The molecule has 1 fully saturated rings. The summed E-state index contributed by atoms with van der Waals surface area (Å²) in [7, 11) is 0. The number of fused-ring (bicyclic) bond motifs is 1. The quantitative estimate of drug-likeness (QED) is 0.783. The summed E-state index contributed by atoms with van der Waals surface area (Å²) in [6.07, 6.45) is 2.49. The Kier molecular flexibility index (Phi) is 4.42. The van der Waals surface area contributed by atoms with Crippen LogP contribution in [0.15, 0.2) is 47.1 Å². The van der Waals surface area contributed by atoms with Crippen LogP contribution in [-0.4, -0.2) is 40.1 Å². The average Bonchev–Trinajstić information content (AvgIpc) is 3.28. The second-order valence-electron chi connectivity index (χ2n) is 6.89. The zero-order valence-electron chi connectivity index (χ0n) is 15.0. The predicted octanol–water partition coefficient (Wildman–Crippen LogP) is 3.10. The number of amides is 1. The summed E-state index contributed by atoms with van der Waals surface area (Å²) in [4.78, 5) is 19.2. The molecule has 0 unspecified atom stereocenters. The van der Waals surface area contributed by atoms with Gasteiger partial charge in [0.05, 0.1) is 16.6 Å². The summed E-state index contributed by atoms with van der Waals surface area (Å²) >= 11 is 0. The molecule has 6 heteroatoms. The van der Waals surface area contributed by atoms with E-state index in [0.29, 0.717) is 17.3 Å². The molecule has 3 aromatic rings. The molecule has 1 aromatic carbocycles. The highest BCUT2D eigenvalue weighted by Crippen LogP contribution is 2.24. The van der Waals surface area contributed by atoms with Crippen molar-refractivity contribution in [1.82, 2.24) is 20.4 Å². The van der Waals surface area contributed by atoms with Gasteiger partial charge in [-0.2, -0.15) is 0 Å². The third kappa shape index (κ3) is 3.20. The first-order chi connectivity index (χ1) is 12.6. The van der Waals surface area contributed by atoms with E-state index in [4.69, 9.17) is 4.52 Å². The van der Waals surface area contributed by atoms with E-state index in [1.165, 1.54) is 5.56 Å². The molecule has 1 aliphatic heterocycles. The fraction of sp³-hybridized carbons (Fsp3) is 0.350. The summed E-state index contributed by atoms with van der Waals surface area (Å²) in [5.74, 6) is -0.0979. The minimum atomic E-state index is -0.0979. The van der Waals surface area contributed by atoms with E-state index in [-0.39, 0.29) is 11.9 Å². The Balaban J connectivity index is 1.41. The Hall–Kier alpha value is -2.73. The minimum Gasteiger partial charge on any atom is -0.348 e. The number of aryl methyl sites for hydroxylation is 1. The van der Waals surface area contributed by atoms with Crippen LogP contribution in [0.3, 0.4) is 0 Å². The van der Waals surface area contributed by atoms with E-state index in [1.54, 1.807) is 12.3 Å². The SMILES string of the molecule is Cc1noc2ncc(C(=O)N[C@@H]3CCN([C@@H](C)c4ccccc4)C3)cc12. The average molecular weight is 350 g/mol. The Morgan fingerprint density at radius 1 is 1.35 bits per heavy atom. The zero-order chi connectivity index (χ0) is 18.1. The Labute approximate surface area is 152 Å². The van der Waals surface area contributed by atoms with Crippen molar-refractivity contribution in [2.75, 3.05) is 13.1 Å². The Morgan fingerprint density at radius 3 is 2.96 bits per heavy atom. The van der Waals surface area contributed by atoms with Gasteiger partial charge in [0, 0.05) is 31.4 Å². The molecule has 26 heavy (non-hydrogen) atoms. The van der Waals surface area contributed by atoms with E-state index in [9.17, 15) is 4.79 Å². The lowest BCUT2D eigenvalue weighted by Gasteiger charge is -2.24. The third-order valence-corrected chi connectivity index (χ3v) is 5.16. The van der Waals surface area contributed by atoms with Crippen LogP contribution >= 0.6 is 0 Å². The van der Waals surface area contributed by atoms with E-state index in [0.717, 1.165) is 30.6 Å². The lowest BCUT2D eigenvalue weighted by molar-refractivity contribution is 0.0936. The smallest absolute Gasteiger partial charge is 0.257 e. The topological polar surface area (TPSA) is 71.3 Å². The van der Waals surface area contributed by atoms with Gasteiger partial charge in [-0.3, -0.25) is 9.69 Å². The molecule has 0 aliphatic carbocycles. The molecule has 1 N–H and O–H groups in total. The van der Waals surface area contributed by atoms with Crippen molar-refractivity contribution < 1.29 is 9.32 Å². The van der Waals surface area contributed by atoms with Crippen molar-refractivity contribution in [3.05, 3.63) is 59.4 Å². The number of benzene rings is 1. The van der Waals surface area contributed by atoms with Crippen molar-refractivity contribution in [2.24, 2.45) is 0 Å². The van der Waals surface area contributed by atoms with E-state index in [1.807, 2.05) is 13.0 Å². The van der Waals surface area contributed by atoms with Gasteiger partial charge in [-0.15, -0.1) is 0 Å². The summed E-state index contributed by atoms with van der Waals surface area (Å²) < 4.78 is 5.10. The monoisotopic (exact) mass is 350 g/mol. The summed E-state index contributed by atoms with van der Waals surface area (Å²) in [5.41, 5.74) is 3.05. The van der Waals surface area contributed by atoms with Crippen molar-refractivity contribution in [3.63, 3.8) is 0 Å². The van der Waals surface area contributed by atoms with E-state index in [2.05, 4.69) is 51.5 Å². The second-order valence-corrected chi connectivity index (χ2v) is 6.89. The number of nitrogens with zero attached hydrogens (tertiary/aromatic N) is 3. The van der Waals surface area contributed by atoms with Gasteiger partial charge in [-0.1, -0.05) is 35.5 Å². The first-order valence-corrected chi connectivity index (χ1v) is 8.93. The van der Waals surface area contributed by atoms with Crippen LogP contribution in [-0.2, 0) is 0 Å². The first-order valence-electron chi connectivity index (χ1n) is 8.93. The largest absolute Gasteiger partial charge is 0.348 e. The summed E-state index contributed by atoms with van der Waals surface area (Å²) in [5, 5.41) is 7.80. The molecule has 2 atom stereocenters. The van der Waals surface area contributed by atoms with Crippen LogP contribution in [0.4, 0.5) is 0 Å². The zero-order valence-corrected chi connectivity index (χ0v) is 15.0. The summed E-state index contributed by atoms with van der Waals surface area (Å²) in [6.45, 7) is 5.88. The molecule has 0 saturated carbocycles. The Morgan fingerprint density at radius 2 is 2.15 bits per heavy atom. The molecule has 0 radical (unpaired) electrons. The summed E-state index contributed by atoms with van der Waals surface area (Å²) in [6, 6.07) is 12.8. The highest BCUT2D eigenvalue weighted by atomic mass is 16.5. The van der Waals surface area contributed by atoms with Gasteiger partial charge in [0.1, 0.15) is 0 Å². The number of aromatic nitrogens is 2. The van der Waals surface area contributed by atoms with Gasteiger partial charge in [0.2, 0.25) is 0 Å². The minimum absolute atomic E-state index is 0.0979. The normalized spacial score (nSPS) is 18.9. The number of nitrogens with one attached hydrogen (secondary N) is 1. The lowest BCUT2D eigenvalue weighted by atomic mass is 10.1. The highest BCUT2D eigenvalue weighted by molar-refractivity contribution is 5.97. The van der Waals surface area contributed by atoms with Gasteiger partial charge in [0.25, 0.3) is 11.6 Å². The molecule has 6 nitrogen and oxygen atoms in total. The molecule has 134 valence electrons. The molecular formula is C20H22N4O2. The molecule has 3 heterocycles. The number of hydrogen-bond donors (Lipinski definition) is 1. The lowest BCUT2D eigenvalue weighted by Crippen LogP contribution is -2.37. The molecule has 1 saturated heterocycles. The van der Waals surface area contributed by atoms with Crippen LogP contribution < -0.4 is 5.32 Å². The maximum atomic E-state index is 12.6. The number of likely N-dealkylation sites (tertiary alicyclic amines) is 1. The van der Waals surface area contributed by atoms with Gasteiger partial charge < -0.3 is 9.84 Å². The van der Waals surface area contributed by atoms with Gasteiger partial charge in [-0.25, -0.2) is 4.98 Å². The Bertz CT molecular complexity index is 922. The second kappa shape index (κ2) is 6.88. The van der Waals surface area contributed by atoms with Crippen LogP contribution in [0.5, 0.6) is 0 Å². The highest BCUT2D eigenvalue weighted by Gasteiger charge is 2.28. The molecule has 0 spiro atoms. The number of pyridine rings is 1. The van der Waals surface area contributed by atoms with Crippen molar-refractivity contribution in [2.45, 2.75) is 32.4 Å². The van der Waals surface area contributed by atoms with Crippen molar-refractivity contribution in [3.8, 4) is 0 Å². The maximum Gasteiger partial charge on any atom is 0.257 e. The molecular weight excluding hydrogens is 328 g/mol. The number of carbonyl (C=O) groups excluding carboxylic acids is 1. The van der Waals surface area contributed by atoms with Crippen LogP contribution in [0.25, 0.3) is 11.1 Å². The fourth-order valence-electron chi connectivity index (χ4n) is 3.54. The molecule has 1 amide bonds. The van der Waals surface area contributed by atoms with Crippen LogP contribution in [0.2, 0.25) is 0 Å². The van der Waals surface area contributed by atoms with Crippen LogP contribution in [0, 0.1) is 6.92 Å². The van der Waals surface area contributed by atoms with Crippen molar-refractivity contribution >= 4 is 17.0 Å². The molecule has 4 rings (SSSR count). The number of hydrogen-bond acceptors (Lipinski definition) is 5. The standard InChI is InChI=1S/C20H22N4O2/c1-13-18-10-16(11-21-20(18)26-23-13)19(25)22-17-8-9-24(12-17)14(2)15-6-4-3-5-7-15/h3-7,10-11,14,17H,8-9,12H2,1-2H3,(H,22,25)/t14-,17+/m0/s1. The van der Waals surface area contributed by atoms with Gasteiger partial charge >= 0.3 is 0 Å². The van der Waals surface area contributed by atoms with Gasteiger partial charge in [0.15, 0.2) is 0 Å². The molecule has 0 bridgehead atoms. The number of carbonyl (C=O) groups is 1. The maximum absolute atomic E-state index is 12.6. The third-order valence-electron chi connectivity index (χ3n) is 5.16. The van der Waals surface area contributed by atoms with E-state index < -0.39 is 0 Å². The van der Waals surface area contributed by atoms with Crippen LogP contribution in [0.1, 0.15) is 41.0 Å². The van der Waals surface area contributed by atoms with E-state index >= 15 is 0 Å². The van der Waals surface area contributed by atoms with Gasteiger partial charge in [-0.05, 0) is 31.9 Å². The molecule has 1 aliphatic rings. The first kappa shape index (κ1) is 16.7. The fourth-order valence-corrected chi connectivity index (χ4v) is 3.54. The number of rotatable bonds is 4. The van der Waals surface area contributed by atoms with Crippen molar-refractivity contribution in [1.29, 1.82) is 0 Å². The molecule has 2 aromatic heterocycles.